The SMILES string of the molecule is CC1CN(C)CCCN1Cc1nc(Cl)ccc1Cl. The molecular weight excluding hydrogens is 269 g/mol. The van der Waals surface area contributed by atoms with E-state index in [1.54, 1.807) is 6.07 Å². The van der Waals surface area contributed by atoms with Crippen molar-refractivity contribution in [3.8, 4) is 0 Å². The molecule has 1 saturated heterocycles. The summed E-state index contributed by atoms with van der Waals surface area (Å²) >= 11 is 12.1. The minimum Gasteiger partial charge on any atom is -0.305 e. The zero-order chi connectivity index (χ0) is 13.1. The van der Waals surface area contributed by atoms with E-state index in [2.05, 4.69) is 28.8 Å². The number of hydrogen-bond donors (Lipinski definition) is 0. The maximum atomic E-state index is 6.17. The largest absolute Gasteiger partial charge is 0.305 e. The van der Waals surface area contributed by atoms with Crippen LogP contribution < -0.4 is 0 Å². The Morgan fingerprint density at radius 1 is 1.33 bits per heavy atom. The Morgan fingerprint density at radius 3 is 2.89 bits per heavy atom. The van der Waals surface area contributed by atoms with E-state index in [0.717, 1.165) is 31.9 Å². The molecule has 1 aliphatic rings. The number of rotatable bonds is 2. The highest BCUT2D eigenvalue weighted by Crippen LogP contribution is 2.20. The number of halogens is 2. The molecule has 2 rings (SSSR count). The maximum Gasteiger partial charge on any atom is 0.129 e. The van der Waals surface area contributed by atoms with Crippen LogP contribution in [0.4, 0.5) is 0 Å². The molecule has 0 aromatic carbocycles. The van der Waals surface area contributed by atoms with Crippen molar-refractivity contribution in [1.29, 1.82) is 0 Å². The molecule has 3 nitrogen and oxygen atoms in total. The molecule has 0 saturated carbocycles. The lowest BCUT2D eigenvalue weighted by atomic mass is 10.2. The first-order chi connectivity index (χ1) is 8.56. The zero-order valence-corrected chi connectivity index (χ0v) is 12.4. The first kappa shape index (κ1) is 14.1. The van der Waals surface area contributed by atoms with Crippen LogP contribution in [-0.2, 0) is 6.54 Å². The number of hydrogen-bond acceptors (Lipinski definition) is 3. The number of likely N-dealkylation sites (N-methyl/N-ethyl adjacent to an activating group) is 1. The van der Waals surface area contributed by atoms with Crippen LogP contribution in [0.15, 0.2) is 12.1 Å². The molecule has 0 amide bonds. The van der Waals surface area contributed by atoms with Gasteiger partial charge in [-0.15, -0.1) is 0 Å². The van der Waals surface area contributed by atoms with Crippen molar-refractivity contribution in [1.82, 2.24) is 14.8 Å². The molecule has 1 aliphatic heterocycles. The van der Waals surface area contributed by atoms with E-state index in [0.29, 0.717) is 16.2 Å². The molecule has 1 aromatic rings. The second kappa shape index (κ2) is 6.20. The number of aromatic nitrogens is 1. The predicted molar refractivity (Wildman–Crippen MR) is 76.2 cm³/mol. The Labute approximate surface area is 119 Å². The van der Waals surface area contributed by atoms with Crippen molar-refractivity contribution in [2.45, 2.75) is 25.9 Å². The molecule has 0 N–H and O–H groups in total. The van der Waals surface area contributed by atoms with Crippen LogP contribution in [0.1, 0.15) is 19.0 Å². The van der Waals surface area contributed by atoms with Gasteiger partial charge >= 0.3 is 0 Å². The van der Waals surface area contributed by atoms with E-state index in [1.807, 2.05) is 6.07 Å². The van der Waals surface area contributed by atoms with Gasteiger partial charge < -0.3 is 4.90 Å². The molecule has 1 aromatic heterocycles. The summed E-state index contributed by atoms with van der Waals surface area (Å²) in [6, 6.07) is 4.06. The standard InChI is InChI=1S/C13H19Cl2N3/c1-10-8-17(2)6-3-7-18(10)9-12-11(14)4-5-13(15)16-12/h4-5,10H,3,6-9H2,1-2H3. The molecule has 1 fully saturated rings. The summed E-state index contributed by atoms with van der Waals surface area (Å²) < 4.78 is 0. The van der Waals surface area contributed by atoms with Gasteiger partial charge in [0.15, 0.2) is 0 Å². The highest BCUT2D eigenvalue weighted by Gasteiger charge is 2.20. The van der Waals surface area contributed by atoms with Crippen LogP contribution in [0.2, 0.25) is 10.2 Å². The molecule has 1 unspecified atom stereocenters. The Morgan fingerprint density at radius 2 is 2.11 bits per heavy atom. The first-order valence-electron chi connectivity index (χ1n) is 6.30. The monoisotopic (exact) mass is 287 g/mol. The van der Waals surface area contributed by atoms with Gasteiger partial charge in [0, 0.05) is 25.7 Å². The minimum atomic E-state index is 0.508. The minimum absolute atomic E-state index is 0.508. The van der Waals surface area contributed by atoms with E-state index >= 15 is 0 Å². The number of pyridine rings is 1. The van der Waals surface area contributed by atoms with Gasteiger partial charge in [-0.25, -0.2) is 4.98 Å². The van der Waals surface area contributed by atoms with Crippen molar-refractivity contribution >= 4 is 23.2 Å². The van der Waals surface area contributed by atoms with Crippen LogP contribution in [0.25, 0.3) is 0 Å². The first-order valence-corrected chi connectivity index (χ1v) is 7.05. The molecule has 1 atom stereocenters. The van der Waals surface area contributed by atoms with Gasteiger partial charge in [-0.1, -0.05) is 23.2 Å². The topological polar surface area (TPSA) is 19.4 Å². The Kier molecular flexibility index (Phi) is 4.84. The maximum absolute atomic E-state index is 6.17. The van der Waals surface area contributed by atoms with Crippen LogP contribution in [0.5, 0.6) is 0 Å². The fourth-order valence-corrected chi connectivity index (χ4v) is 2.75. The Hall–Kier alpha value is -0.350. The number of nitrogens with zero attached hydrogens (tertiary/aromatic N) is 3. The van der Waals surface area contributed by atoms with E-state index < -0.39 is 0 Å². The lowest BCUT2D eigenvalue weighted by Gasteiger charge is -2.27. The normalized spacial score (nSPS) is 23.0. The van der Waals surface area contributed by atoms with Gasteiger partial charge in [-0.05, 0) is 39.1 Å². The highest BCUT2D eigenvalue weighted by atomic mass is 35.5. The van der Waals surface area contributed by atoms with Crippen molar-refractivity contribution in [2.24, 2.45) is 0 Å². The van der Waals surface area contributed by atoms with Crippen LogP contribution in [0, 0.1) is 0 Å². The summed E-state index contributed by atoms with van der Waals surface area (Å²) in [7, 11) is 2.17. The zero-order valence-electron chi connectivity index (χ0n) is 10.9. The summed E-state index contributed by atoms with van der Waals surface area (Å²) in [6.45, 7) is 6.33. The van der Waals surface area contributed by atoms with Gasteiger partial charge in [0.05, 0.1) is 10.7 Å². The summed E-state index contributed by atoms with van der Waals surface area (Å²) in [6.07, 6.45) is 1.18. The fraction of sp³-hybridized carbons (Fsp3) is 0.615. The van der Waals surface area contributed by atoms with Gasteiger partial charge in [0.2, 0.25) is 0 Å². The van der Waals surface area contributed by atoms with Gasteiger partial charge in [-0.2, -0.15) is 0 Å². The summed E-state index contributed by atoms with van der Waals surface area (Å²) in [5.74, 6) is 0. The molecule has 100 valence electrons. The average Bonchev–Trinajstić information content (AvgIpc) is 2.46. The molecule has 0 bridgehead atoms. The predicted octanol–water partition coefficient (Wildman–Crippen LogP) is 2.91. The van der Waals surface area contributed by atoms with Gasteiger partial charge in [-0.3, -0.25) is 4.90 Å². The van der Waals surface area contributed by atoms with Crippen molar-refractivity contribution in [2.75, 3.05) is 26.7 Å². The third kappa shape index (κ3) is 3.58. The average molecular weight is 288 g/mol. The lowest BCUT2D eigenvalue weighted by molar-refractivity contribution is 0.192. The third-order valence-electron chi connectivity index (χ3n) is 3.42. The third-order valence-corrected chi connectivity index (χ3v) is 3.98. The van der Waals surface area contributed by atoms with Gasteiger partial charge in [0.25, 0.3) is 0 Å². The van der Waals surface area contributed by atoms with Crippen LogP contribution >= 0.6 is 23.2 Å². The van der Waals surface area contributed by atoms with Crippen LogP contribution in [-0.4, -0.2) is 47.5 Å². The van der Waals surface area contributed by atoms with E-state index in [-0.39, 0.29) is 0 Å². The molecule has 5 heteroatoms. The molecule has 0 spiro atoms. The second-order valence-electron chi connectivity index (χ2n) is 5.00. The second-order valence-corrected chi connectivity index (χ2v) is 5.79. The Bertz CT molecular complexity index is 411. The summed E-state index contributed by atoms with van der Waals surface area (Å²) in [5.41, 5.74) is 0.876. The summed E-state index contributed by atoms with van der Waals surface area (Å²) in [5, 5.41) is 1.21. The highest BCUT2D eigenvalue weighted by molar-refractivity contribution is 6.32. The quantitative estimate of drug-likeness (QED) is 0.780. The Balaban J connectivity index is 2.09. The van der Waals surface area contributed by atoms with Crippen LogP contribution in [0.3, 0.4) is 0 Å². The van der Waals surface area contributed by atoms with E-state index in [1.165, 1.54) is 6.42 Å². The van der Waals surface area contributed by atoms with Gasteiger partial charge in [0.1, 0.15) is 5.15 Å². The molecule has 2 heterocycles. The summed E-state index contributed by atoms with van der Waals surface area (Å²) in [4.78, 5) is 9.13. The molecule has 18 heavy (non-hydrogen) atoms. The lowest BCUT2D eigenvalue weighted by Crippen LogP contribution is -2.37. The fourth-order valence-electron chi connectivity index (χ4n) is 2.42. The molecule has 0 radical (unpaired) electrons. The van der Waals surface area contributed by atoms with E-state index in [4.69, 9.17) is 23.2 Å². The smallest absolute Gasteiger partial charge is 0.129 e. The van der Waals surface area contributed by atoms with Crippen molar-refractivity contribution in [3.05, 3.63) is 28.0 Å². The van der Waals surface area contributed by atoms with Crippen molar-refractivity contribution in [3.63, 3.8) is 0 Å². The van der Waals surface area contributed by atoms with Crippen molar-refractivity contribution < 1.29 is 0 Å². The molecular formula is C13H19Cl2N3. The van der Waals surface area contributed by atoms with E-state index in [9.17, 15) is 0 Å². The molecule has 0 aliphatic carbocycles.